The maximum Gasteiger partial charge on any atom is 0.337 e. The van der Waals surface area contributed by atoms with Crippen molar-refractivity contribution in [2.75, 3.05) is 7.11 Å². The van der Waals surface area contributed by atoms with E-state index in [1.54, 1.807) is 38.1 Å². The molecule has 0 radical (unpaired) electrons. The Morgan fingerprint density at radius 1 is 0.903 bits per heavy atom. The molecule has 0 saturated carbocycles. The smallest absolute Gasteiger partial charge is 0.337 e. The molecule has 0 fully saturated rings. The molecule has 156 valence electrons. The zero-order valence-electron chi connectivity index (χ0n) is 17.1. The molecule has 0 aliphatic heterocycles. The summed E-state index contributed by atoms with van der Waals surface area (Å²) < 4.78 is 4.80. The summed E-state index contributed by atoms with van der Waals surface area (Å²) in [4.78, 5) is 28.9. The predicted octanol–water partition coefficient (Wildman–Crippen LogP) is 4.57. The normalized spacial score (nSPS) is 11.1. The summed E-state index contributed by atoms with van der Waals surface area (Å²) >= 11 is 0. The molecule has 3 aromatic carbocycles. The summed E-state index contributed by atoms with van der Waals surface area (Å²) in [5.41, 5.74) is 3.31. The van der Waals surface area contributed by atoms with Gasteiger partial charge in [-0.1, -0.05) is 0 Å². The van der Waals surface area contributed by atoms with Gasteiger partial charge in [0.2, 0.25) is 0 Å². The molecule has 0 amide bonds. The molecule has 4 rings (SSSR count). The molecule has 7 nitrogen and oxygen atoms in total. The Hall–Kier alpha value is -4.13. The number of aromatic carboxylic acids is 1. The Kier molecular flexibility index (Phi) is 4.74. The molecule has 3 N–H and O–H groups in total. The minimum Gasteiger partial charge on any atom is -0.508 e. The second-order valence-corrected chi connectivity index (χ2v) is 7.32. The van der Waals surface area contributed by atoms with E-state index in [1.807, 2.05) is 0 Å². The van der Waals surface area contributed by atoms with Gasteiger partial charge in [0.25, 0.3) is 0 Å². The summed E-state index contributed by atoms with van der Waals surface area (Å²) in [7, 11) is 1.29. The van der Waals surface area contributed by atoms with Gasteiger partial charge in [0.05, 0.1) is 29.3 Å². The molecule has 7 heteroatoms. The molecular formula is C24H19NO6. The standard InChI is InChI=1S/C24H19NO6/c1-11-8-13(24(30)31-3)9-12(2)19(11)22-18(27)7-6-17-21(22)20(23(28)29)15-10-14(26)4-5-16(15)25-17/h4-10,26-27H,1-3H3,(H,28,29). The third-order valence-electron chi connectivity index (χ3n) is 5.32. The number of esters is 1. The number of fused-ring (bicyclic) bond motifs is 2. The average Bonchev–Trinajstić information content (AvgIpc) is 2.72. The van der Waals surface area contributed by atoms with Crippen LogP contribution in [0.25, 0.3) is 32.9 Å². The number of aromatic nitrogens is 1. The number of phenolic OH excluding ortho intramolecular Hbond substituents is 2. The Morgan fingerprint density at radius 3 is 2.16 bits per heavy atom. The number of hydrogen-bond acceptors (Lipinski definition) is 6. The van der Waals surface area contributed by atoms with E-state index in [2.05, 4.69) is 4.98 Å². The zero-order valence-corrected chi connectivity index (χ0v) is 17.1. The minimum atomic E-state index is -1.21. The summed E-state index contributed by atoms with van der Waals surface area (Å²) in [6, 6.07) is 10.6. The van der Waals surface area contributed by atoms with Crippen LogP contribution in [0.4, 0.5) is 0 Å². The average molecular weight is 417 g/mol. The van der Waals surface area contributed by atoms with Crippen molar-refractivity contribution >= 4 is 33.7 Å². The molecule has 1 heterocycles. The number of nitrogens with zero attached hydrogens (tertiary/aromatic N) is 1. The minimum absolute atomic E-state index is 0.0716. The van der Waals surface area contributed by atoms with E-state index in [4.69, 9.17) is 4.74 Å². The highest BCUT2D eigenvalue weighted by Gasteiger charge is 2.24. The van der Waals surface area contributed by atoms with E-state index in [-0.39, 0.29) is 27.8 Å². The fraction of sp³-hybridized carbons (Fsp3) is 0.125. The van der Waals surface area contributed by atoms with Gasteiger partial charge in [-0.15, -0.1) is 0 Å². The molecule has 1 aromatic heterocycles. The molecule has 0 saturated heterocycles. The number of carboxylic acid groups (broad SMARTS) is 1. The number of methoxy groups -OCH3 is 1. The van der Waals surface area contributed by atoms with Gasteiger partial charge in [-0.3, -0.25) is 0 Å². The Balaban J connectivity index is 2.19. The van der Waals surface area contributed by atoms with Crippen LogP contribution in [0, 0.1) is 13.8 Å². The van der Waals surface area contributed by atoms with Gasteiger partial charge in [-0.05, 0) is 73.0 Å². The second kappa shape index (κ2) is 7.28. The van der Waals surface area contributed by atoms with Gasteiger partial charge in [-0.25, -0.2) is 14.6 Å². The highest BCUT2D eigenvalue weighted by molar-refractivity contribution is 6.19. The predicted molar refractivity (Wildman–Crippen MR) is 116 cm³/mol. The maximum absolute atomic E-state index is 12.3. The number of carbonyl (C=O) groups excluding carboxylic acids is 1. The monoisotopic (exact) mass is 417 g/mol. The van der Waals surface area contributed by atoms with E-state index in [0.29, 0.717) is 38.9 Å². The first kappa shape index (κ1) is 20.2. The molecule has 0 unspecified atom stereocenters. The van der Waals surface area contributed by atoms with Gasteiger partial charge >= 0.3 is 11.9 Å². The van der Waals surface area contributed by atoms with Crippen LogP contribution in [-0.4, -0.2) is 39.4 Å². The van der Waals surface area contributed by atoms with Crippen LogP contribution in [0.5, 0.6) is 11.5 Å². The summed E-state index contributed by atoms with van der Waals surface area (Å²) in [5.74, 6) is -1.91. The fourth-order valence-corrected chi connectivity index (χ4v) is 4.08. The van der Waals surface area contributed by atoms with Crippen LogP contribution in [-0.2, 0) is 4.74 Å². The summed E-state index contributed by atoms with van der Waals surface area (Å²) in [6.45, 7) is 3.54. The van der Waals surface area contributed by atoms with E-state index in [0.717, 1.165) is 0 Å². The lowest BCUT2D eigenvalue weighted by molar-refractivity contribution is 0.0599. The van der Waals surface area contributed by atoms with Gasteiger partial charge in [-0.2, -0.15) is 0 Å². The van der Waals surface area contributed by atoms with Gasteiger partial charge in [0.1, 0.15) is 11.5 Å². The van der Waals surface area contributed by atoms with Crippen LogP contribution >= 0.6 is 0 Å². The van der Waals surface area contributed by atoms with Gasteiger partial charge in [0.15, 0.2) is 0 Å². The number of phenols is 2. The van der Waals surface area contributed by atoms with Crippen LogP contribution in [0.15, 0.2) is 42.5 Å². The van der Waals surface area contributed by atoms with Gasteiger partial charge < -0.3 is 20.1 Å². The number of carboxylic acids is 1. The number of aryl methyl sites for hydroxylation is 2. The van der Waals surface area contributed by atoms with Crippen molar-refractivity contribution in [1.82, 2.24) is 4.98 Å². The van der Waals surface area contributed by atoms with E-state index in [9.17, 15) is 24.9 Å². The third-order valence-corrected chi connectivity index (χ3v) is 5.32. The second-order valence-electron chi connectivity index (χ2n) is 7.32. The first-order chi connectivity index (χ1) is 14.7. The van der Waals surface area contributed by atoms with Crippen molar-refractivity contribution in [3.8, 4) is 22.6 Å². The maximum atomic E-state index is 12.3. The number of hydrogen-bond donors (Lipinski definition) is 3. The van der Waals surface area contributed by atoms with Crippen LogP contribution in [0.2, 0.25) is 0 Å². The van der Waals surface area contributed by atoms with Crippen molar-refractivity contribution in [3.63, 3.8) is 0 Å². The molecule has 31 heavy (non-hydrogen) atoms. The molecule has 0 aliphatic rings. The number of carbonyl (C=O) groups is 2. The first-order valence-corrected chi connectivity index (χ1v) is 9.44. The van der Waals surface area contributed by atoms with Crippen molar-refractivity contribution in [2.45, 2.75) is 13.8 Å². The highest BCUT2D eigenvalue weighted by atomic mass is 16.5. The number of rotatable bonds is 3. The lowest BCUT2D eigenvalue weighted by Gasteiger charge is -2.18. The summed E-state index contributed by atoms with van der Waals surface area (Å²) in [5, 5.41) is 31.3. The topological polar surface area (TPSA) is 117 Å². The quantitative estimate of drug-likeness (QED) is 0.330. The molecule has 4 aromatic rings. The SMILES string of the molecule is COC(=O)c1cc(C)c(-c2c(O)ccc3nc4ccc(O)cc4c(C(=O)O)c23)c(C)c1. The van der Waals surface area contributed by atoms with E-state index < -0.39 is 11.9 Å². The number of benzene rings is 3. The molecular weight excluding hydrogens is 398 g/mol. The van der Waals surface area contributed by atoms with Crippen molar-refractivity contribution in [1.29, 1.82) is 0 Å². The number of aromatic hydroxyl groups is 2. The van der Waals surface area contributed by atoms with Crippen LogP contribution in [0.3, 0.4) is 0 Å². The highest BCUT2D eigenvalue weighted by Crippen LogP contribution is 2.43. The molecule has 0 atom stereocenters. The van der Waals surface area contributed by atoms with Crippen molar-refractivity contribution < 1.29 is 29.6 Å². The Bertz CT molecular complexity index is 1380. The van der Waals surface area contributed by atoms with Crippen molar-refractivity contribution in [2.24, 2.45) is 0 Å². The third kappa shape index (κ3) is 3.20. The molecule has 0 bridgehead atoms. The van der Waals surface area contributed by atoms with Crippen molar-refractivity contribution in [3.05, 3.63) is 64.7 Å². The van der Waals surface area contributed by atoms with E-state index in [1.165, 1.54) is 25.3 Å². The van der Waals surface area contributed by atoms with E-state index >= 15 is 0 Å². The van der Waals surface area contributed by atoms with Crippen LogP contribution in [0.1, 0.15) is 31.8 Å². The molecule has 0 spiro atoms. The van der Waals surface area contributed by atoms with Gasteiger partial charge in [0, 0.05) is 16.3 Å². The number of pyridine rings is 1. The molecule has 0 aliphatic carbocycles. The first-order valence-electron chi connectivity index (χ1n) is 9.44. The number of ether oxygens (including phenoxy) is 1. The Labute approximate surface area is 177 Å². The fourth-order valence-electron chi connectivity index (χ4n) is 4.08. The largest absolute Gasteiger partial charge is 0.508 e. The lowest BCUT2D eigenvalue weighted by atomic mass is 9.88. The lowest BCUT2D eigenvalue weighted by Crippen LogP contribution is -2.05. The zero-order chi connectivity index (χ0) is 22.4. The summed E-state index contributed by atoms with van der Waals surface area (Å²) in [6.07, 6.45) is 0. The van der Waals surface area contributed by atoms with Crippen LogP contribution < -0.4 is 0 Å². The Morgan fingerprint density at radius 2 is 1.55 bits per heavy atom.